The lowest BCUT2D eigenvalue weighted by Gasteiger charge is -2.26. The Hall–Kier alpha value is -8.50. The summed E-state index contributed by atoms with van der Waals surface area (Å²) in [6.07, 6.45) is 0. The molecule has 2 aromatic heterocycles. The number of hydrogen-bond donors (Lipinski definition) is 0. The predicted octanol–water partition coefficient (Wildman–Crippen LogP) is 18.4. The van der Waals surface area contributed by atoms with E-state index in [4.69, 9.17) is 0 Å². The third kappa shape index (κ3) is 6.96. The normalized spacial score (nSPS) is 11.6. The van der Waals surface area contributed by atoms with Crippen LogP contribution in [0.25, 0.3) is 103 Å². The molecule has 67 heavy (non-hydrogen) atoms. The molecular formula is C64H42N2S. The molecule has 0 N–H and O–H groups in total. The molecule has 0 bridgehead atoms. The van der Waals surface area contributed by atoms with Gasteiger partial charge in [-0.2, -0.15) is 0 Å². The van der Waals surface area contributed by atoms with Crippen molar-refractivity contribution in [2.24, 2.45) is 0 Å². The number of hydrogen-bond acceptors (Lipinski definition) is 2. The maximum Gasteiger partial charge on any atom is 0.0541 e. The molecule has 0 aliphatic rings. The lowest BCUT2D eigenvalue weighted by atomic mass is 9.98. The minimum absolute atomic E-state index is 1.09. The molecule has 3 heteroatoms. The highest BCUT2D eigenvalue weighted by Gasteiger charge is 2.16. The van der Waals surface area contributed by atoms with E-state index in [-0.39, 0.29) is 0 Å². The standard InChI is InChI=1S/C64H42N2S/c1-2-11-49-40-51(25-24-43(49)10-1)46-22-20-44(21-23-46)45-26-33-53(34-27-45)65(55-37-30-48(31-38-55)52-32-39-60-59-16-5-8-19-63(59)67-64(60)42-52)54-35-28-47(29-36-54)50-12-9-13-56(41-50)66-61-17-6-3-14-57(61)58-15-4-7-18-62(58)66/h1-42H. The van der Waals surface area contributed by atoms with Gasteiger partial charge in [0, 0.05) is 53.7 Å². The molecule has 0 unspecified atom stereocenters. The van der Waals surface area contributed by atoms with Gasteiger partial charge in [0.15, 0.2) is 0 Å². The number of benzene rings is 11. The summed E-state index contributed by atoms with van der Waals surface area (Å²) in [5.41, 5.74) is 16.4. The Morgan fingerprint density at radius 3 is 1.31 bits per heavy atom. The van der Waals surface area contributed by atoms with E-state index in [9.17, 15) is 0 Å². The summed E-state index contributed by atoms with van der Waals surface area (Å²) in [6, 6.07) is 93.1. The summed E-state index contributed by atoms with van der Waals surface area (Å²) in [6.45, 7) is 0. The third-order valence-electron chi connectivity index (χ3n) is 13.4. The number of para-hydroxylation sites is 2. The van der Waals surface area contributed by atoms with Gasteiger partial charge in [-0.15, -0.1) is 11.3 Å². The topological polar surface area (TPSA) is 8.17 Å². The number of thiophene rings is 1. The SMILES string of the molecule is c1cc(-c2ccc(N(c3ccc(-c4ccc(-c5ccc6ccccc6c5)cc4)cc3)c3ccc(-c4ccc5c(c4)sc4ccccc45)cc3)cc2)cc(-n2c3ccccc3c3ccccc32)c1. The Labute approximate surface area is 393 Å². The number of fused-ring (bicyclic) bond motifs is 7. The summed E-state index contributed by atoms with van der Waals surface area (Å²) < 4.78 is 5.03. The summed E-state index contributed by atoms with van der Waals surface area (Å²) in [5.74, 6) is 0. The van der Waals surface area contributed by atoms with Crippen LogP contribution in [0.3, 0.4) is 0 Å². The Kier molecular flexibility index (Phi) is 9.40. The highest BCUT2D eigenvalue weighted by atomic mass is 32.1. The van der Waals surface area contributed by atoms with Crippen LogP contribution in [0.2, 0.25) is 0 Å². The van der Waals surface area contributed by atoms with Crippen molar-refractivity contribution < 1.29 is 0 Å². The first-order valence-corrected chi connectivity index (χ1v) is 23.7. The second kappa shape index (κ2) is 16.2. The van der Waals surface area contributed by atoms with Crippen LogP contribution in [0, 0.1) is 0 Å². The zero-order chi connectivity index (χ0) is 44.3. The Balaban J connectivity index is 0.843. The molecule has 2 nitrogen and oxygen atoms in total. The Morgan fingerprint density at radius 1 is 0.269 bits per heavy atom. The first-order valence-electron chi connectivity index (χ1n) is 22.9. The van der Waals surface area contributed by atoms with Gasteiger partial charge in [-0.05, 0) is 134 Å². The molecule has 0 radical (unpaired) electrons. The fraction of sp³-hybridized carbons (Fsp3) is 0. The average Bonchev–Trinajstić information content (AvgIpc) is 3.95. The number of rotatable bonds is 8. The summed E-state index contributed by atoms with van der Waals surface area (Å²) in [7, 11) is 0. The molecule has 0 atom stereocenters. The second-order valence-corrected chi connectivity index (χ2v) is 18.4. The zero-order valence-electron chi connectivity index (χ0n) is 36.6. The minimum Gasteiger partial charge on any atom is -0.311 e. The molecular weight excluding hydrogens is 829 g/mol. The van der Waals surface area contributed by atoms with Crippen molar-refractivity contribution in [1.29, 1.82) is 0 Å². The molecule has 13 rings (SSSR count). The highest BCUT2D eigenvalue weighted by Crippen LogP contribution is 2.41. The number of anilines is 3. The number of nitrogens with zero attached hydrogens (tertiary/aromatic N) is 2. The van der Waals surface area contributed by atoms with E-state index in [1.165, 1.54) is 97.3 Å². The molecule has 0 fully saturated rings. The summed E-state index contributed by atoms with van der Waals surface area (Å²) >= 11 is 1.86. The average molecular weight is 871 g/mol. The zero-order valence-corrected chi connectivity index (χ0v) is 37.4. The first kappa shape index (κ1) is 38.9. The molecule has 314 valence electrons. The second-order valence-electron chi connectivity index (χ2n) is 17.3. The van der Waals surface area contributed by atoms with Crippen LogP contribution in [-0.2, 0) is 0 Å². The van der Waals surface area contributed by atoms with Crippen LogP contribution in [0.15, 0.2) is 255 Å². The lowest BCUT2D eigenvalue weighted by Crippen LogP contribution is -2.09. The molecule has 0 aliphatic heterocycles. The van der Waals surface area contributed by atoms with Gasteiger partial charge in [-0.3, -0.25) is 0 Å². The maximum atomic E-state index is 2.39. The monoisotopic (exact) mass is 870 g/mol. The van der Waals surface area contributed by atoms with Gasteiger partial charge in [0.05, 0.1) is 11.0 Å². The van der Waals surface area contributed by atoms with Gasteiger partial charge in [0.25, 0.3) is 0 Å². The van der Waals surface area contributed by atoms with Crippen molar-refractivity contribution in [3.63, 3.8) is 0 Å². The van der Waals surface area contributed by atoms with Gasteiger partial charge in [-0.25, -0.2) is 0 Å². The molecule has 13 aromatic rings. The molecule has 0 aliphatic carbocycles. The van der Waals surface area contributed by atoms with E-state index in [0.717, 1.165) is 22.7 Å². The van der Waals surface area contributed by atoms with E-state index >= 15 is 0 Å². The fourth-order valence-corrected chi connectivity index (χ4v) is 11.2. The Morgan fingerprint density at radius 2 is 0.701 bits per heavy atom. The first-order chi connectivity index (χ1) is 33.2. The highest BCUT2D eigenvalue weighted by molar-refractivity contribution is 7.25. The molecule has 0 saturated carbocycles. The molecule has 0 amide bonds. The van der Waals surface area contributed by atoms with Crippen molar-refractivity contribution in [2.75, 3.05) is 4.90 Å². The van der Waals surface area contributed by atoms with Crippen LogP contribution in [0.4, 0.5) is 17.1 Å². The van der Waals surface area contributed by atoms with Gasteiger partial charge in [0.2, 0.25) is 0 Å². The van der Waals surface area contributed by atoms with Gasteiger partial charge in [-0.1, -0.05) is 176 Å². The summed E-state index contributed by atoms with van der Waals surface area (Å²) in [5, 5.41) is 7.69. The lowest BCUT2D eigenvalue weighted by molar-refractivity contribution is 1.18. The van der Waals surface area contributed by atoms with Gasteiger partial charge < -0.3 is 9.47 Å². The van der Waals surface area contributed by atoms with Gasteiger partial charge >= 0.3 is 0 Å². The maximum absolute atomic E-state index is 2.39. The number of aromatic nitrogens is 1. The van der Waals surface area contributed by atoms with Crippen molar-refractivity contribution >= 4 is 81.1 Å². The quantitative estimate of drug-likeness (QED) is 0.148. The molecule has 2 heterocycles. The van der Waals surface area contributed by atoms with Crippen molar-refractivity contribution in [3.8, 4) is 50.2 Å². The minimum atomic E-state index is 1.09. The van der Waals surface area contributed by atoms with Crippen molar-refractivity contribution in [3.05, 3.63) is 255 Å². The van der Waals surface area contributed by atoms with Crippen molar-refractivity contribution in [1.82, 2.24) is 4.57 Å². The van der Waals surface area contributed by atoms with Crippen LogP contribution in [0.5, 0.6) is 0 Å². The van der Waals surface area contributed by atoms with E-state index in [1.807, 2.05) is 11.3 Å². The van der Waals surface area contributed by atoms with E-state index in [1.54, 1.807) is 0 Å². The fourth-order valence-electron chi connectivity index (χ4n) is 10.0. The van der Waals surface area contributed by atoms with Crippen molar-refractivity contribution in [2.45, 2.75) is 0 Å². The van der Waals surface area contributed by atoms with Crippen LogP contribution >= 0.6 is 11.3 Å². The van der Waals surface area contributed by atoms with Crippen LogP contribution in [0.1, 0.15) is 0 Å². The molecule has 0 spiro atoms. The Bertz CT molecular complexity index is 3900. The van der Waals surface area contributed by atoms with Crippen LogP contribution < -0.4 is 4.90 Å². The largest absolute Gasteiger partial charge is 0.311 e. The van der Waals surface area contributed by atoms with Gasteiger partial charge in [0.1, 0.15) is 0 Å². The third-order valence-corrected chi connectivity index (χ3v) is 14.5. The van der Waals surface area contributed by atoms with Crippen LogP contribution in [-0.4, -0.2) is 4.57 Å². The summed E-state index contributed by atoms with van der Waals surface area (Å²) in [4.78, 5) is 2.36. The van der Waals surface area contributed by atoms with E-state index < -0.39 is 0 Å². The molecule has 11 aromatic carbocycles. The van der Waals surface area contributed by atoms with E-state index in [0.29, 0.717) is 0 Å². The van der Waals surface area contributed by atoms with E-state index in [2.05, 4.69) is 264 Å². The predicted molar refractivity (Wildman–Crippen MR) is 288 cm³/mol. The molecule has 0 saturated heterocycles. The smallest absolute Gasteiger partial charge is 0.0541 e.